The van der Waals surface area contributed by atoms with Gasteiger partial charge in [-0.1, -0.05) is 42.5 Å². The van der Waals surface area contributed by atoms with Crippen LogP contribution in [0.4, 0.5) is 0 Å². The van der Waals surface area contributed by atoms with Crippen LogP contribution < -0.4 is 4.57 Å². The Morgan fingerprint density at radius 2 is 1.67 bits per heavy atom. The van der Waals surface area contributed by atoms with Crippen LogP contribution in [0, 0.1) is 13.8 Å². The third kappa shape index (κ3) is 3.57. The van der Waals surface area contributed by atoms with Gasteiger partial charge in [0.1, 0.15) is 28.9 Å². The van der Waals surface area contributed by atoms with Crippen molar-refractivity contribution in [3.05, 3.63) is 96.3 Å². The first kappa shape index (κ1) is 18.2. The average Bonchev–Trinajstić information content (AvgIpc) is 3.20. The zero-order chi connectivity index (χ0) is 20.5. The summed E-state index contributed by atoms with van der Waals surface area (Å²) in [7, 11) is 0. The summed E-state index contributed by atoms with van der Waals surface area (Å²) >= 11 is 0. The first-order valence-corrected chi connectivity index (χ1v) is 9.97. The van der Waals surface area contributed by atoms with Gasteiger partial charge in [0.25, 0.3) is 0 Å². The second-order valence-corrected chi connectivity index (χ2v) is 7.58. The molecule has 0 bridgehead atoms. The van der Waals surface area contributed by atoms with E-state index in [1.807, 2.05) is 18.3 Å². The van der Waals surface area contributed by atoms with Crippen LogP contribution in [0.3, 0.4) is 0 Å². The molecule has 0 fully saturated rings. The molecule has 1 N–H and O–H groups in total. The standard InChI is InChI=1S/C25H21N5/c1-17-3-4-21(13-18(17)2)19-5-7-20(8-6-19)25-28-23-10-12-30(15-24(23)29-25)14-22-9-11-26-16-27-22/h3-13,15-16H,14H2,1-2H3/p+1. The summed E-state index contributed by atoms with van der Waals surface area (Å²) in [6.45, 7) is 4.98. The van der Waals surface area contributed by atoms with Crippen LogP contribution in [-0.2, 0) is 6.54 Å². The molecule has 0 spiro atoms. The van der Waals surface area contributed by atoms with E-state index in [1.165, 1.54) is 22.3 Å². The van der Waals surface area contributed by atoms with Crippen molar-refractivity contribution in [1.29, 1.82) is 0 Å². The second kappa shape index (κ2) is 7.52. The minimum atomic E-state index is 0.692. The van der Waals surface area contributed by atoms with Crippen LogP contribution in [0.2, 0.25) is 0 Å². The fraction of sp³-hybridized carbons (Fsp3) is 0.120. The molecule has 0 saturated heterocycles. The molecule has 5 nitrogen and oxygen atoms in total. The van der Waals surface area contributed by atoms with E-state index in [4.69, 9.17) is 4.98 Å². The van der Waals surface area contributed by atoms with Gasteiger partial charge in [-0.05, 0) is 42.2 Å². The summed E-state index contributed by atoms with van der Waals surface area (Å²) in [5, 5.41) is 0. The van der Waals surface area contributed by atoms with Crippen LogP contribution in [-0.4, -0.2) is 19.9 Å². The normalized spacial score (nSPS) is 11.1. The molecule has 0 saturated carbocycles. The molecule has 146 valence electrons. The van der Waals surface area contributed by atoms with E-state index >= 15 is 0 Å². The Morgan fingerprint density at radius 3 is 2.43 bits per heavy atom. The molecule has 0 radical (unpaired) electrons. The molecule has 2 aromatic carbocycles. The SMILES string of the molecule is Cc1ccc(-c2ccc(-c3nc4cc[n+](Cc5ccncn5)cc4[nH]3)cc2)cc1C. The maximum Gasteiger partial charge on any atom is 0.195 e. The quantitative estimate of drug-likeness (QED) is 0.453. The molecular weight excluding hydrogens is 370 g/mol. The fourth-order valence-electron chi connectivity index (χ4n) is 3.58. The van der Waals surface area contributed by atoms with Gasteiger partial charge in [0, 0.05) is 17.8 Å². The second-order valence-electron chi connectivity index (χ2n) is 7.58. The fourth-order valence-corrected chi connectivity index (χ4v) is 3.58. The minimum absolute atomic E-state index is 0.692. The molecular formula is C25H22N5+. The van der Waals surface area contributed by atoms with Crippen molar-refractivity contribution in [3.63, 3.8) is 0 Å². The van der Waals surface area contributed by atoms with Crippen LogP contribution in [0.5, 0.6) is 0 Å². The first-order chi connectivity index (χ1) is 14.7. The maximum atomic E-state index is 4.76. The summed E-state index contributed by atoms with van der Waals surface area (Å²) in [5.74, 6) is 0.872. The molecule has 30 heavy (non-hydrogen) atoms. The van der Waals surface area contributed by atoms with Gasteiger partial charge >= 0.3 is 0 Å². The number of benzene rings is 2. The summed E-state index contributed by atoms with van der Waals surface area (Å²) in [4.78, 5) is 16.5. The number of rotatable bonds is 4. The zero-order valence-electron chi connectivity index (χ0n) is 17.0. The molecule has 0 aliphatic heterocycles. The summed E-state index contributed by atoms with van der Waals surface area (Å²) in [6, 6.07) is 19.1. The maximum absolute atomic E-state index is 4.76. The van der Waals surface area contributed by atoms with Crippen molar-refractivity contribution in [1.82, 2.24) is 19.9 Å². The van der Waals surface area contributed by atoms with Crippen molar-refractivity contribution in [3.8, 4) is 22.5 Å². The Kier molecular flexibility index (Phi) is 4.56. The summed E-state index contributed by atoms with van der Waals surface area (Å²) < 4.78 is 2.09. The number of nitrogens with zero attached hydrogens (tertiary/aromatic N) is 4. The number of hydrogen-bond donors (Lipinski definition) is 1. The summed E-state index contributed by atoms with van der Waals surface area (Å²) in [5.41, 5.74) is 9.05. The third-order valence-electron chi connectivity index (χ3n) is 5.47. The highest BCUT2D eigenvalue weighted by Crippen LogP contribution is 2.26. The number of pyridine rings is 1. The lowest BCUT2D eigenvalue weighted by molar-refractivity contribution is -0.687. The van der Waals surface area contributed by atoms with Gasteiger partial charge in [0.15, 0.2) is 18.9 Å². The molecule has 3 aromatic heterocycles. The van der Waals surface area contributed by atoms with Crippen molar-refractivity contribution in [2.45, 2.75) is 20.4 Å². The monoisotopic (exact) mass is 392 g/mol. The van der Waals surface area contributed by atoms with Gasteiger partial charge in [-0.3, -0.25) is 0 Å². The summed E-state index contributed by atoms with van der Waals surface area (Å²) in [6.07, 6.45) is 7.43. The van der Waals surface area contributed by atoms with E-state index in [9.17, 15) is 0 Å². The Hall–Kier alpha value is -3.86. The van der Waals surface area contributed by atoms with E-state index in [0.717, 1.165) is 28.1 Å². The van der Waals surface area contributed by atoms with Crippen molar-refractivity contribution in [2.75, 3.05) is 0 Å². The third-order valence-corrected chi connectivity index (χ3v) is 5.47. The van der Waals surface area contributed by atoms with Crippen LogP contribution in [0.25, 0.3) is 33.5 Å². The number of aromatic nitrogens is 5. The number of nitrogens with one attached hydrogen (secondary N) is 1. The minimum Gasteiger partial charge on any atom is -0.333 e. The van der Waals surface area contributed by atoms with Crippen molar-refractivity contribution in [2.24, 2.45) is 0 Å². The molecule has 5 heteroatoms. The topological polar surface area (TPSA) is 58.3 Å². The smallest absolute Gasteiger partial charge is 0.195 e. The van der Waals surface area contributed by atoms with Gasteiger partial charge in [0.2, 0.25) is 0 Å². The number of fused-ring (bicyclic) bond motifs is 1. The predicted octanol–water partition coefficient (Wildman–Crippen LogP) is 4.64. The molecule has 3 heterocycles. The zero-order valence-corrected chi connectivity index (χ0v) is 17.0. The lowest BCUT2D eigenvalue weighted by Crippen LogP contribution is -2.33. The number of aromatic amines is 1. The van der Waals surface area contributed by atoms with Crippen LogP contribution >= 0.6 is 0 Å². The van der Waals surface area contributed by atoms with Gasteiger partial charge in [-0.25, -0.2) is 15.0 Å². The lowest BCUT2D eigenvalue weighted by Gasteiger charge is -2.06. The molecule has 0 aliphatic carbocycles. The van der Waals surface area contributed by atoms with E-state index in [0.29, 0.717) is 6.54 Å². The van der Waals surface area contributed by atoms with Gasteiger partial charge in [-0.15, -0.1) is 0 Å². The number of hydrogen-bond acceptors (Lipinski definition) is 3. The highest BCUT2D eigenvalue weighted by Gasteiger charge is 2.11. The van der Waals surface area contributed by atoms with E-state index in [-0.39, 0.29) is 0 Å². The number of imidazole rings is 1. The van der Waals surface area contributed by atoms with Gasteiger partial charge in [-0.2, -0.15) is 4.57 Å². The predicted molar refractivity (Wildman–Crippen MR) is 118 cm³/mol. The lowest BCUT2D eigenvalue weighted by atomic mass is 9.99. The Balaban J connectivity index is 1.42. The van der Waals surface area contributed by atoms with E-state index < -0.39 is 0 Å². The molecule has 5 rings (SSSR count). The highest BCUT2D eigenvalue weighted by atomic mass is 15.0. The van der Waals surface area contributed by atoms with E-state index in [2.05, 4.69) is 82.0 Å². The van der Waals surface area contributed by atoms with Crippen LogP contribution in [0.1, 0.15) is 16.8 Å². The van der Waals surface area contributed by atoms with Gasteiger partial charge in [0.05, 0.1) is 0 Å². The Bertz CT molecular complexity index is 1320. The Labute approximate surface area is 175 Å². The molecule has 0 aliphatic rings. The average molecular weight is 392 g/mol. The van der Waals surface area contributed by atoms with Crippen molar-refractivity contribution < 1.29 is 4.57 Å². The Morgan fingerprint density at radius 1 is 0.867 bits per heavy atom. The molecule has 0 atom stereocenters. The molecule has 5 aromatic rings. The van der Waals surface area contributed by atoms with Crippen LogP contribution in [0.15, 0.2) is 79.5 Å². The number of H-pyrrole nitrogens is 1. The highest BCUT2D eigenvalue weighted by molar-refractivity contribution is 5.78. The van der Waals surface area contributed by atoms with Crippen molar-refractivity contribution >= 4 is 11.0 Å². The molecule has 0 amide bonds. The number of aryl methyl sites for hydroxylation is 2. The first-order valence-electron chi connectivity index (χ1n) is 9.97. The molecule has 0 unspecified atom stereocenters. The van der Waals surface area contributed by atoms with Gasteiger partial charge < -0.3 is 4.98 Å². The van der Waals surface area contributed by atoms with E-state index in [1.54, 1.807) is 12.5 Å². The largest absolute Gasteiger partial charge is 0.333 e.